The van der Waals surface area contributed by atoms with Crippen LogP contribution in [0.1, 0.15) is 18.4 Å². The quantitative estimate of drug-likeness (QED) is 0.657. The van der Waals surface area contributed by atoms with Crippen molar-refractivity contribution < 1.29 is 13.2 Å². The highest BCUT2D eigenvalue weighted by Gasteiger charge is 2.42. The molecule has 0 amide bonds. The van der Waals surface area contributed by atoms with Crippen molar-refractivity contribution in [2.75, 3.05) is 61.7 Å². The molecule has 0 radical (unpaired) electrons. The summed E-state index contributed by atoms with van der Waals surface area (Å²) in [6.45, 7) is 3.60. The van der Waals surface area contributed by atoms with Crippen molar-refractivity contribution in [2.45, 2.75) is 31.3 Å². The summed E-state index contributed by atoms with van der Waals surface area (Å²) in [4.78, 5) is 22.6. The number of ether oxygens (including phenoxy) is 1. The van der Waals surface area contributed by atoms with Gasteiger partial charge in [0, 0.05) is 62.3 Å². The van der Waals surface area contributed by atoms with Gasteiger partial charge in [0.15, 0.2) is 0 Å². The van der Waals surface area contributed by atoms with Crippen molar-refractivity contribution in [3.8, 4) is 11.3 Å². The molecule has 0 aromatic carbocycles. The molecule has 4 heterocycles. The van der Waals surface area contributed by atoms with Crippen LogP contribution in [0.2, 0.25) is 0 Å². The van der Waals surface area contributed by atoms with Gasteiger partial charge in [0.2, 0.25) is 21.9 Å². The number of nitrogens with zero attached hydrogens (tertiary/aromatic N) is 7. The van der Waals surface area contributed by atoms with Crippen molar-refractivity contribution in [3.63, 3.8) is 0 Å². The normalized spacial score (nSPS) is 23.3. The lowest BCUT2D eigenvalue weighted by atomic mass is 9.86. The molecule has 2 aliphatic heterocycles. The van der Waals surface area contributed by atoms with E-state index in [2.05, 4.69) is 19.8 Å². The molecule has 2 aromatic rings. The van der Waals surface area contributed by atoms with Gasteiger partial charge in [-0.3, -0.25) is 0 Å². The molecule has 5 rings (SSSR count). The molecule has 0 bridgehead atoms. The third-order valence-corrected chi connectivity index (χ3v) is 8.00. The highest BCUT2D eigenvalue weighted by molar-refractivity contribution is 7.88. The van der Waals surface area contributed by atoms with Crippen LogP contribution in [-0.2, 0) is 21.2 Å². The molecular formula is C20H28N8O3S. The second kappa shape index (κ2) is 8.09. The van der Waals surface area contributed by atoms with Crippen LogP contribution >= 0.6 is 0 Å². The Hall–Kier alpha value is -2.57. The molecule has 11 nitrogen and oxygen atoms in total. The largest absolute Gasteiger partial charge is 0.378 e. The molecular weight excluding hydrogens is 432 g/mol. The van der Waals surface area contributed by atoms with Crippen molar-refractivity contribution in [1.82, 2.24) is 24.2 Å². The number of nitrogens with two attached hydrogens (primary N) is 1. The molecule has 2 aromatic heterocycles. The fourth-order valence-electron chi connectivity index (χ4n) is 4.61. The van der Waals surface area contributed by atoms with Crippen LogP contribution < -0.4 is 15.5 Å². The number of hydrogen-bond acceptors (Lipinski definition) is 10. The van der Waals surface area contributed by atoms with Gasteiger partial charge in [-0.25, -0.2) is 27.7 Å². The Morgan fingerprint density at radius 2 is 1.81 bits per heavy atom. The number of morpholine rings is 1. The first-order valence-corrected chi connectivity index (χ1v) is 12.7. The summed E-state index contributed by atoms with van der Waals surface area (Å²) in [5, 5.41) is 0. The molecule has 0 unspecified atom stereocenters. The van der Waals surface area contributed by atoms with Gasteiger partial charge in [-0.05, 0) is 19.3 Å². The summed E-state index contributed by atoms with van der Waals surface area (Å²) in [7, 11) is -1.53. The molecule has 1 saturated carbocycles. The summed E-state index contributed by atoms with van der Waals surface area (Å²) in [5.41, 5.74) is 8.42. The highest BCUT2D eigenvalue weighted by Crippen LogP contribution is 2.41. The van der Waals surface area contributed by atoms with Gasteiger partial charge in [-0.2, -0.15) is 4.98 Å². The first kappa shape index (κ1) is 21.3. The van der Waals surface area contributed by atoms with E-state index in [1.165, 1.54) is 10.6 Å². The minimum atomic E-state index is -3.19. The molecule has 0 spiro atoms. The summed E-state index contributed by atoms with van der Waals surface area (Å²) in [6.07, 6.45) is 7.07. The number of sulfonamides is 1. The lowest BCUT2D eigenvalue weighted by molar-refractivity contribution is 0.122. The van der Waals surface area contributed by atoms with Crippen LogP contribution in [0, 0.1) is 0 Å². The maximum Gasteiger partial charge on any atom is 0.228 e. The maximum atomic E-state index is 11.9. The van der Waals surface area contributed by atoms with Crippen LogP contribution in [0.15, 0.2) is 12.4 Å². The topological polar surface area (TPSA) is 131 Å². The van der Waals surface area contributed by atoms with Crippen molar-refractivity contribution in [3.05, 3.63) is 18.0 Å². The smallest absolute Gasteiger partial charge is 0.228 e. The average molecular weight is 461 g/mol. The number of anilines is 3. The van der Waals surface area contributed by atoms with Crippen molar-refractivity contribution >= 4 is 27.7 Å². The number of aromatic nitrogens is 4. The zero-order valence-electron chi connectivity index (χ0n) is 18.3. The van der Waals surface area contributed by atoms with Crippen molar-refractivity contribution in [1.29, 1.82) is 0 Å². The van der Waals surface area contributed by atoms with Gasteiger partial charge in [-0.15, -0.1) is 0 Å². The zero-order valence-corrected chi connectivity index (χ0v) is 19.1. The summed E-state index contributed by atoms with van der Waals surface area (Å²) in [6, 6.07) is 0.290. The van der Waals surface area contributed by atoms with E-state index in [4.69, 9.17) is 20.4 Å². The molecule has 2 N–H and O–H groups in total. The number of nitrogen functional groups attached to an aromatic ring is 1. The van der Waals surface area contributed by atoms with E-state index in [9.17, 15) is 8.42 Å². The van der Waals surface area contributed by atoms with Crippen LogP contribution in [0.3, 0.4) is 0 Å². The van der Waals surface area contributed by atoms with Gasteiger partial charge in [0.25, 0.3) is 0 Å². The average Bonchev–Trinajstić information content (AvgIpc) is 3.16. The molecule has 1 aliphatic carbocycles. The SMILES string of the molecule is CN([C@H]1C[C@@H](N2CCc3c(-c4cnc(N)nc4)nc(N4CCOCC4)nc32)C1)S(C)(=O)=O. The fourth-order valence-corrected chi connectivity index (χ4v) is 5.32. The van der Waals surface area contributed by atoms with E-state index in [0.29, 0.717) is 19.2 Å². The number of fused-ring (bicyclic) bond motifs is 1. The van der Waals surface area contributed by atoms with Gasteiger partial charge >= 0.3 is 0 Å². The van der Waals surface area contributed by atoms with E-state index in [1.807, 2.05) is 0 Å². The van der Waals surface area contributed by atoms with Crippen LogP contribution in [0.5, 0.6) is 0 Å². The number of hydrogen-bond donors (Lipinski definition) is 1. The Morgan fingerprint density at radius 3 is 2.47 bits per heavy atom. The third kappa shape index (κ3) is 3.86. The first-order chi connectivity index (χ1) is 15.3. The van der Waals surface area contributed by atoms with Crippen LogP contribution in [0.25, 0.3) is 11.3 Å². The van der Waals surface area contributed by atoms with E-state index < -0.39 is 10.0 Å². The zero-order chi connectivity index (χ0) is 22.5. The lowest BCUT2D eigenvalue weighted by Gasteiger charge is -2.45. The molecule has 1 saturated heterocycles. The Bertz CT molecular complexity index is 1100. The van der Waals surface area contributed by atoms with Gasteiger partial charge in [-0.1, -0.05) is 0 Å². The highest BCUT2D eigenvalue weighted by atomic mass is 32.2. The van der Waals surface area contributed by atoms with E-state index >= 15 is 0 Å². The molecule has 172 valence electrons. The van der Waals surface area contributed by atoms with Crippen molar-refractivity contribution in [2.24, 2.45) is 0 Å². The van der Waals surface area contributed by atoms with Gasteiger partial charge in [0.1, 0.15) is 5.82 Å². The number of rotatable bonds is 5. The molecule has 2 fully saturated rings. The van der Waals surface area contributed by atoms with E-state index in [1.54, 1.807) is 19.4 Å². The predicted octanol–water partition coefficient (Wildman–Crippen LogP) is 0.137. The van der Waals surface area contributed by atoms with Crippen LogP contribution in [0.4, 0.5) is 17.7 Å². The predicted molar refractivity (Wildman–Crippen MR) is 121 cm³/mol. The minimum absolute atomic E-state index is 0.0320. The Kier molecular flexibility index (Phi) is 5.38. The molecule has 32 heavy (non-hydrogen) atoms. The summed E-state index contributed by atoms with van der Waals surface area (Å²) in [5.74, 6) is 1.83. The Balaban J connectivity index is 1.47. The van der Waals surface area contributed by atoms with E-state index in [-0.39, 0.29) is 18.0 Å². The molecule has 12 heteroatoms. The lowest BCUT2D eigenvalue weighted by Crippen LogP contribution is -2.54. The standard InChI is InChI=1S/C20H28N8O3S/c1-26(32(2,29)30)14-9-15(10-14)28-4-3-16-17(13-11-22-19(21)23-12-13)24-20(25-18(16)28)27-5-7-31-8-6-27/h11-12,14-15H,3-10H2,1-2H3,(H2,21,22,23)/t14-,15+. The van der Waals surface area contributed by atoms with Gasteiger partial charge in [0.05, 0.1) is 25.2 Å². The summed E-state index contributed by atoms with van der Waals surface area (Å²) < 4.78 is 30.8. The first-order valence-electron chi connectivity index (χ1n) is 10.8. The Morgan fingerprint density at radius 1 is 1.12 bits per heavy atom. The summed E-state index contributed by atoms with van der Waals surface area (Å²) >= 11 is 0. The molecule has 3 aliphatic rings. The second-order valence-corrected chi connectivity index (χ2v) is 10.6. The maximum absolute atomic E-state index is 11.9. The van der Waals surface area contributed by atoms with Gasteiger partial charge < -0.3 is 20.3 Å². The molecule has 0 atom stereocenters. The third-order valence-electron chi connectivity index (χ3n) is 6.65. The Labute approximate surface area is 187 Å². The minimum Gasteiger partial charge on any atom is -0.378 e. The van der Waals surface area contributed by atoms with E-state index in [0.717, 1.165) is 61.5 Å². The second-order valence-electron chi connectivity index (χ2n) is 8.61. The monoisotopic (exact) mass is 460 g/mol. The fraction of sp³-hybridized carbons (Fsp3) is 0.600. The van der Waals surface area contributed by atoms with Crippen LogP contribution in [-0.4, -0.2) is 90.9 Å².